The average Bonchev–Trinajstić information content (AvgIpc) is 2.95. The van der Waals surface area contributed by atoms with Gasteiger partial charge in [0.15, 0.2) is 5.22 Å². The Morgan fingerprint density at radius 2 is 1.82 bits per heavy atom. The van der Waals surface area contributed by atoms with Gasteiger partial charge in [-0.25, -0.2) is 0 Å². The van der Waals surface area contributed by atoms with Crippen molar-refractivity contribution >= 4 is 34.0 Å². The number of halogens is 2. The maximum absolute atomic E-state index is 6.50. The Bertz CT molecular complexity index is 767. The van der Waals surface area contributed by atoms with Crippen LogP contribution in [0.15, 0.2) is 52.9 Å². The predicted molar refractivity (Wildman–Crippen MR) is 92.7 cm³/mol. The summed E-state index contributed by atoms with van der Waals surface area (Å²) >= 11 is 12.2. The summed E-state index contributed by atoms with van der Waals surface area (Å²) < 4.78 is 5.30. The summed E-state index contributed by atoms with van der Waals surface area (Å²) in [6.07, 6.45) is 1.97. The highest BCUT2D eigenvalue weighted by atomic mass is 35.5. The van der Waals surface area contributed by atoms with Crippen LogP contribution in [0.1, 0.15) is 17.7 Å². The van der Waals surface area contributed by atoms with E-state index in [9.17, 15) is 0 Å². The highest BCUT2D eigenvalue weighted by Gasteiger charge is 2.05. The van der Waals surface area contributed by atoms with E-state index in [4.69, 9.17) is 27.6 Å². The van der Waals surface area contributed by atoms with E-state index < -0.39 is 0 Å². The number of hydrogen-bond donors (Lipinski definition) is 1. The fourth-order valence-electron chi connectivity index (χ4n) is 2.53. The van der Waals surface area contributed by atoms with Gasteiger partial charge in [-0.15, -0.1) is 0 Å². The van der Waals surface area contributed by atoms with Gasteiger partial charge in [-0.3, -0.25) is 0 Å². The molecule has 3 rings (SSSR count). The number of aryl methyl sites for hydroxylation is 1. The molecule has 0 saturated heterocycles. The van der Waals surface area contributed by atoms with Crippen LogP contribution in [0.2, 0.25) is 10.2 Å². The van der Waals surface area contributed by atoms with Crippen molar-refractivity contribution in [2.75, 3.05) is 6.54 Å². The van der Waals surface area contributed by atoms with Gasteiger partial charge in [0.1, 0.15) is 5.76 Å². The van der Waals surface area contributed by atoms with Gasteiger partial charge in [-0.05, 0) is 54.1 Å². The molecule has 0 saturated carbocycles. The predicted octanol–water partition coefficient (Wildman–Crippen LogP) is 5.46. The summed E-state index contributed by atoms with van der Waals surface area (Å²) in [5.41, 5.74) is 1.20. The highest BCUT2D eigenvalue weighted by molar-refractivity contribution is 6.36. The molecule has 0 atom stereocenters. The Hall–Kier alpha value is -1.48. The number of benzene rings is 2. The van der Waals surface area contributed by atoms with Crippen LogP contribution in [0.4, 0.5) is 0 Å². The van der Waals surface area contributed by atoms with Gasteiger partial charge < -0.3 is 9.73 Å². The van der Waals surface area contributed by atoms with Crippen LogP contribution < -0.4 is 5.32 Å². The van der Waals surface area contributed by atoms with Crippen LogP contribution in [0.3, 0.4) is 0 Å². The largest absolute Gasteiger partial charge is 0.448 e. The molecular formula is C18H17Cl2NO. The lowest BCUT2D eigenvalue weighted by atomic mass is 10.0. The Balaban J connectivity index is 1.52. The minimum Gasteiger partial charge on any atom is -0.448 e. The Morgan fingerprint density at radius 1 is 0.955 bits per heavy atom. The molecule has 1 aromatic heterocycles. The van der Waals surface area contributed by atoms with Gasteiger partial charge in [0.2, 0.25) is 0 Å². The third-order valence-corrected chi connectivity index (χ3v) is 4.32. The van der Waals surface area contributed by atoms with E-state index in [-0.39, 0.29) is 0 Å². The van der Waals surface area contributed by atoms with Crippen molar-refractivity contribution in [2.24, 2.45) is 0 Å². The summed E-state index contributed by atoms with van der Waals surface area (Å²) in [5, 5.41) is 6.96. The van der Waals surface area contributed by atoms with E-state index in [0.717, 1.165) is 35.6 Å². The lowest BCUT2D eigenvalue weighted by molar-refractivity contribution is 0.482. The lowest BCUT2D eigenvalue weighted by Gasteiger charge is -2.08. The molecule has 0 unspecified atom stereocenters. The molecule has 0 amide bonds. The first-order valence-corrected chi connectivity index (χ1v) is 8.11. The van der Waals surface area contributed by atoms with Crippen molar-refractivity contribution in [3.63, 3.8) is 0 Å². The van der Waals surface area contributed by atoms with Gasteiger partial charge in [-0.1, -0.05) is 48.0 Å². The molecular weight excluding hydrogens is 317 g/mol. The molecule has 0 bridgehead atoms. The second-order valence-electron chi connectivity index (χ2n) is 5.25. The van der Waals surface area contributed by atoms with E-state index in [1.54, 1.807) is 6.07 Å². The highest BCUT2D eigenvalue weighted by Crippen LogP contribution is 2.27. The number of rotatable bonds is 6. The summed E-state index contributed by atoms with van der Waals surface area (Å²) in [4.78, 5) is 0. The number of hydrogen-bond acceptors (Lipinski definition) is 2. The molecule has 22 heavy (non-hydrogen) atoms. The molecule has 114 valence electrons. The van der Waals surface area contributed by atoms with Crippen molar-refractivity contribution < 1.29 is 4.42 Å². The van der Waals surface area contributed by atoms with Crippen molar-refractivity contribution in [1.29, 1.82) is 0 Å². The Kier molecular flexibility index (Phi) is 5.04. The maximum atomic E-state index is 6.50. The molecule has 0 aliphatic carbocycles. The third-order valence-electron chi connectivity index (χ3n) is 3.67. The van der Waals surface area contributed by atoms with E-state index in [2.05, 4.69) is 29.6 Å². The van der Waals surface area contributed by atoms with Crippen molar-refractivity contribution in [2.45, 2.75) is 19.4 Å². The van der Waals surface area contributed by atoms with Crippen LogP contribution in [-0.2, 0) is 13.0 Å². The summed E-state index contributed by atoms with van der Waals surface area (Å²) in [5.74, 6) is 0.855. The van der Waals surface area contributed by atoms with E-state index in [0.29, 0.717) is 11.8 Å². The fraction of sp³-hybridized carbons (Fsp3) is 0.222. The number of nitrogens with one attached hydrogen (secondary N) is 1. The average molecular weight is 334 g/mol. The second kappa shape index (κ2) is 7.19. The standard InChI is InChI=1S/C18H17Cl2NO/c19-17-10-9-15(22-17)12-21-11-3-5-14-8-7-13-4-1-2-6-16(13)18(14)20/h1-2,4,6-10,21H,3,5,11-12H2. The number of furan rings is 1. The van der Waals surface area contributed by atoms with Crippen molar-refractivity contribution in [1.82, 2.24) is 5.32 Å². The summed E-state index contributed by atoms with van der Waals surface area (Å²) in [6, 6.07) is 16.1. The molecule has 0 fully saturated rings. The quantitative estimate of drug-likeness (QED) is 0.605. The molecule has 2 nitrogen and oxygen atoms in total. The Labute approximate surface area is 140 Å². The first-order valence-electron chi connectivity index (χ1n) is 7.35. The zero-order valence-corrected chi connectivity index (χ0v) is 13.6. The molecule has 1 heterocycles. The molecule has 0 radical (unpaired) electrons. The van der Waals surface area contributed by atoms with Crippen LogP contribution in [0.25, 0.3) is 10.8 Å². The fourth-order valence-corrected chi connectivity index (χ4v) is 3.03. The third kappa shape index (κ3) is 3.64. The number of fused-ring (bicyclic) bond motifs is 1. The van der Waals surface area contributed by atoms with E-state index >= 15 is 0 Å². The molecule has 1 N–H and O–H groups in total. The monoisotopic (exact) mass is 333 g/mol. The zero-order chi connectivity index (χ0) is 15.4. The minimum absolute atomic E-state index is 0.430. The molecule has 4 heteroatoms. The summed E-state index contributed by atoms with van der Waals surface area (Å²) in [6.45, 7) is 1.60. The first-order chi connectivity index (χ1) is 10.7. The molecule has 0 aliphatic rings. The smallest absolute Gasteiger partial charge is 0.193 e. The van der Waals surface area contributed by atoms with Gasteiger partial charge >= 0.3 is 0 Å². The van der Waals surface area contributed by atoms with Gasteiger partial charge in [-0.2, -0.15) is 0 Å². The van der Waals surface area contributed by atoms with E-state index in [1.165, 1.54) is 10.9 Å². The zero-order valence-electron chi connectivity index (χ0n) is 12.1. The lowest BCUT2D eigenvalue weighted by Crippen LogP contribution is -2.14. The molecule has 3 aromatic rings. The van der Waals surface area contributed by atoms with E-state index in [1.807, 2.05) is 18.2 Å². The van der Waals surface area contributed by atoms with Crippen LogP contribution in [0.5, 0.6) is 0 Å². The maximum Gasteiger partial charge on any atom is 0.193 e. The van der Waals surface area contributed by atoms with Gasteiger partial charge in [0, 0.05) is 5.39 Å². The Morgan fingerprint density at radius 3 is 2.64 bits per heavy atom. The minimum atomic E-state index is 0.430. The van der Waals surface area contributed by atoms with Gasteiger partial charge in [0.25, 0.3) is 0 Å². The SMILES string of the molecule is Clc1ccc(CNCCCc2ccc3ccccc3c2Cl)o1. The first kappa shape index (κ1) is 15.4. The van der Waals surface area contributed by atoms with Crippen LogP contribution in [0, 0.1) is 0 Å². The molecule has 0 spiro atoms. The van der Waals surface area contributed by atoms with Crippen LogP contribution in [-0.4, -0.2) is 6.54 Å². The molecule has 0 aliphatic heterocycles. The second-order valence-corrected chi connectivity index (χ2v) is 6.00. The molecule has 2 aromatic carbocycles. The van der Waals surface area contributed by atoms with Crippen molar-refractivity contribution in [3.8, 4) is 0 Å². The van der Waals surface area contributed by atoms with Gasteiger partial charge in [0.05, 0.1) is 11.6 Å². The normalized spacial score (nSPS) is 11.2. The van der Waals surface area contributed by atoms with Crippen LogP contribution >= 0.6 is 23.2 Å². The van der Waals surface area contributed by atoms with Crippen molar-refractivity contribution in [3.05, 3.63) is 70.1 Å². The summed E-state index contributed by atoms with van der Waals surface area (Å²) in [7, 11) is 0. The topological polar surface area (TPSA) is 25.2 Å².